The van der Waals surface area contributed by atoms with Gasteiger partial charge in [-0.15, -0.1) is 0 Å². The molecule has 4 heteroatoms. The van der Waals surface area contributed by atoms with Crippen LogP contribution >= 0.6 is 7.05 Å². The number of para-hydroxylation sites is 2. The Morgan fingerprint density at radius 1 is 0.511 bits per heavy atom. The van der Waals surface area contributed by atoms with E-state index in [9.17, 15) is 0 Å². The topological polar surface area (TPSA) is 37.9 Å². The minimum absolute atomic E-state index is 0.452. The summed E-state index contributed by atoms with van der Waals surface area (Å²) in [7, 11) is -2.61. The van der Waals surface area contributed by atoms with Crippen molar-refractivity contribution in [3.05, 3.63) is 162 Å². The normalized spacial score (nSPS) is 12.1. The maximum atomic E-state index is 6.97. The van der Waals surface area contributed by atoms with Gasteiger partial charge in [0.2, 0.25) is 0 Å². The summed E-state index contributed by atoms with van der Waals surface area (Å²) in [6.07, 6.45) is 1.92. The molecule has 0 atom stereocenters. The zero-order valence-corrected chi connectivity index (χ0v) is 28.2. The predicted octanol–water partition coefficient (Wildman–Crippen LogP) is 11.4. The summed E-state index contributed by atoms with van der Waals surface area (Å²) in [6.45, 7) is 8.86. The summed E-state index contributed by atoms with van der Waals surface area (Å²) in [6, 6.07) is 51.5. The predicted molar refractivity (Wildman–Crippen MR) is 203 cm³/mol. The lowest BCUT2D eigenvalue weighted by Gasteiger charge is -2.27. The number of hydrogen-bond acceptors (Lipinski definition) is 3. The van der Waals surface area contributed by atoms with Crippen LogP contribution in [-0.2, 0) is 0 Å². The highest BCUT2D eigenvalue weighted by molar-refractivity contribution is 7.87. The highest BCUT2D eigenvalue weighted by Crippen LogP contribution is 2.51. The molecule has 7 rings (SSSR count). The van der Waals surface area contributed by atoms with Gasteiger partial charge in [0.15, 0.2) is 0 Å². The van der Waals surface area contributed by atoms with Crippen LogP contribution in [0.15, 0.2) is 160 Å². The molecule has 0 aliphatic carbocycles. The van der Waals surface area contributed by atoms with Gasteiger partial charge < -0.3 is 4.42 Å². The molecule has 0 spiro atoms. The first kappa shape index (κ1) is 30.7. The Kier molecular flexibility index (Phi) is 8.50. The van der Waals surface area contributed by atoms with Crippen molar-refractivity contribution in [2.75, 3.05) is 0 Å². The third-order valence-corrected chi connectivity index (χ3v) is 12.6. The molecule has 0 saturated heterocycles. The quantitative estimate of drug-likeness (QED) is 0.122. The van der Waals surface area contributed by atoms with Crippen molar-refractivity contribution in [1.82, 2.24) is 0 Å². The highest BCUT2D eigenvalue weighted by atomic mass is 31.2. The Morgan fingerprint density at radius 2 is 1.02 bits per heavy atom. The average Bonchev–Trinajstić information content (AvgIpc) is 3.50. The monoisotopic (exact) mass is 630 g/mol. The summed E-state index contributed by atoms with van der Waals surface area (Å²) < 4.78 is 12.7. The molecular weight excluding hydrogens is 591 g/mol. The van der Waals surface area contributed by atoms with E-state index in [0.29, 0.717) is 11.8 Å². The SMILES string of the molecule is CC(C)c1ccc(N=P(c2ccccc2)(c2ccccc2)c2cccc3c2oc2c(/C=N/c4ccc(C(C)C)cc4)cccc23)cc1. The molecule has 1 heterocycles. The minimum atomic E-state index is -2.61. The van der Waals surface area contributed by atoms with Crippen LogP contribution in [0.1, 0.15) is 56.2 Å². The molecule has 0 amide bonds. The Hall–Kier alpha value is -4.98. The first-order valence-corrected chi connectivity index (χ1v) is 18.1. The van der Waals surface area contributed by atoms with Crippen LogP contribution in [0.5, 0.6) is 0 Å². The molecule has 0 fully saturated rings. The molecule has 232 valence electrons. The van der Waals surface area contributed by atoms with E-state index in [1.807, 2.05) is 6.21 Å². The zero-order valence-electron chi connectivity index (χ0n) is 27.3. The van der Waals surface area contributed by atoms with Crippen LogP contribution < -0.4 is 15.9 Å². The fourth-order valence-corrected chi connectivity index (χ4v) is 9.90. The maximum Gasteiger partial charge on any atom is 0.145 e. The van der Waals surface area contributed by atoms with E-state index in [1.165, 1.54) is 21.7 Å². The van der Waals surface area contributed by atoms with Crippen molar-refractivity contribution in [3.8, 4) is 0 Å². The maximum absolute atomic E-state index is 6.97. The van der Waals surface area contributed by atoms with Gasteiger partial charge in [-0.3, -0.25) is 9.74 Å². The second-order valence-corrected chi connectivity index (χ2v) is 15.6. The lowest BCUT2D eigenvalue weighted by atomic mass is 10.0. The number of benzene rings is 6. The molecule has 0 saturated carbocycles. The van der Waals surface area contributed by atoms with Crippen LogP contribution in [0.25, 0.3) is 21.9 Å². The van der Waals surface area contributed by atoms with E-state index >= 15 is 0 Å². The van der Waals surface area contributed by atoms with E-state index in [0.717, 1.165) is 44.2 Å². The molecule has 0 bridgehead atoms. The van der Waals surface area contributed by atoms with Crippen molar-refractivity contribution in [1.29, 1.82) is 0 Å². The van der Waals surface area contributed by atoms with Gasteiger partial charge in [0.1, 0.15) is 11.2 Å². The molecule has 6 aromatic carbocycles. The summed E-state index contributed by atoms with van der Waals surface area (Å²) >= 11 is 0. The third-order valence-electron chi connectivity index (χ3n) is 8.88. The second kappa shape index (κ2) is 13.0. The van der Waals surface area contributed by atoms with Gasteiger partial charge in [-0.2, -0.15) is 0 Å². The van der Waals surface area contributed by atoms with Crippen molar-refractivity contribution in [2.45, 2.75) is 39.5 Å². The Morgan fingerprint density at radius 3 is 1.57 bits per heavy atom. The fraction of sp³-hybridized carbons (Fsp3) is 0.140. The van der Waals surface area contributed by atoms with E-state index in [4.69, 9.17) is 14.2 Å². The van der Waals surface area contributed by atoms with Crippen LogP contribution in [0, 0.1) is 0 Å². The van der Waals surface area contributed by atoms with Crippen LogP contribution in [0.2, 0.25) is 0 Å². The first-order valence-electron chi connectivity index (χ1n) is 16.4. The van der Waals surface area contributed by atoms with E-state index in [1.54, 1.807) is 0 Å². The summed E-state index contributed by atoms with van der Waals surface area (Å²) in [5.74, 6) is 0.938. The molecule has 0 radical (unpaired) electrons. The van der Waals surface area contributed by atoms with Crippen LogP contribution in [0.3, 0.4) is 0 Å². The van der Waals surface area contributed by atoms with Gasteiger partial charge in [0.05, 0.1) is 18.4 Å². The number of hydrogen-bond donors (Lipinski definition) is 0. The molecular formula is C43H39N2OP. The molecule has 0 N–H and O–H groups in total. The standard InChI is InChI=1S/C43H39N2OP/c1-30(2)32-21-25-35(26-22-32)44-29-34-13-11-18-39-40-19-12-20-41(43(40)46-42(34)39)47(37-14-7-5-8-15-37,38-16-9-6-10-17-38)45-36-27-23-33(24-28-36)31(3)4/h5-31H,1-4H3/b44-29+. The van der Waals surface area contributed by atoms with Gasteiger partial charge in [-0.1, -0.05) is 137 Å². The summed E-state index contributed by atoms with van der Waals surface area (Å²) in [5, 5.41) is 5.61. The number of rotatable bonds is 8. The molecule has 47 heavy (non-hydrogen) atoms. The number of furan rings is 1. The number of nitrogens with zero attached hydrogens (tertiary/aromatic N) is 2. The number of fused-ring (bicyclic) bond motifs is 3. The van der Waals surface area contributed by atoms with Crippen molar-refractivity contribution in [2.24, 2.45) is 9.74 Å². The lowest BCUT2D eigenvalue weighted by molar-refractivity contribution is 0.671. The zero-order chi connectivity index (χ0) is 32.4. The van der Waals surface area contributed by atoms with Gasteiger partial charge in [0.25, 0.3) is 0 Å². The van der Waals surface area contributed by atoms with Crippen molar-refractivity contribution < 1.29 is 4.42 Å². The average molecular weight is 631 g/mol. The van der Waals surface area contributed by atoms with Crippen molar-refractivity contribution >= 4 is 62.5 Å². The molecule has 0 aliphatic heterocycles. The fourth-order valence-electron chi connectivity index (χ4n) is 6.26. The van der Waals surface area contributed by atoms with Gasteiger partial charge in [-0.25, -0.2) is 0 Å². The molecule has 1 aromatic heterocycles. The third kappa shape index (κ3) is 5.88. The molecule has 0 unspecified atom stereocenters. The van der Waals surface area contributed by atoms with Gasteiger partial charge >= 0.3 is 0 Å². The number of aliphatic imine (C=N–C) groups is 1. The van der Waals surface area contributed by atoms with E-state index in [2.05, 4.69) is 173 Å². The van der Waals surface area contributed by atoms with Crippen LogP contribution in [0.4, 0.5) is 11.4 Å². The smallest absolute Gasteiger partial charge is 0.145 e. The van der Waals surface area contributed by atoms with E-state index < -0.39 is 7.05 Å². The second-order valence-electron chi connectivity index (χ2n) is 12.6. The van der Waals surface area contributed by atoms with Gasteiger partial charge in [-0.05, 0) is 59.4 Å². The van der Waals surface area contributed by atoms with Crippen molar-refractivity contribution in [3.63, 3.8) is 0 Å². The molecule has 7 aromatic rings. The molecule has 3 nitrogen and oxygen atoms in total. The Bertz CT molecular complexity index is 2180. The Balaban J connectivity index is 1.48. The lowest BCUT2D eigenvalue weighted by Crippen LogP contribution is -2.25. The first-order chi connectivity index (χ1) is 22.9. The molecule has 0 aliphatic rings. The Labute approximate surface area is 277 Å². The highest BCUT2D eigenvalue weighted by Gasteiger charge is 2.31. The largest absolute Gasteiger partial charge is 0.455 e. The van der Waals surface area contributed by atoms with Gasteiger partial charge in [0, 0.05) is 38.5 Å². The van der Waals surface area contributed by atoms with Crippen LogP contribution in [-0.4, -0.2) is 6.21 Å². The summed E-state index contributed by atoms with van der Waals surface area (Å²) in [4.78, 5) is 4.84. The summed E-state index contributed by atoms with van der Waals surface area (Å²) in [5.41, 5.74) is 7.13. The minimum Gasteiger partial charge on any atom is -0.455 e. The van der Waals surface area contributed by atoms with E-state index in [-0.39, 0.29) is 0 Å².